The lowest BCUT2D eigenvalue weighted by atomic mass is 10.1. The average Bonchev–Trinajstić information content (AvgIpc) is 2.13. The van der Waals surface area contributed by atoms with Crippen molar-refractivity contribution in [1.82, 2.24) is 5.32 Å². The molecule has 0 saturated heterocycles. The molecule has 1 aromatic carbocycles. The maximum absolute atomic E-state index is 13.0. The largest absolute Gasteiger partial charge is 0.356 e. The predicted molar refractivity (Wildman–Crippen MR) is 48.7 cm³/mol. The minimum absolute atomic E-state index is 0.0796. The Morgan fingerprint density at radius 3 is 2.79 bits per heavy atom. The zero-order valence-corrected chi connectivity index (χ0v) is 7.81. The van der Waals surface area contributed by atoms with Crippen molar-refractivity contribution in [3.63, 3.8) is 0 Å². The lowest BCUT2D eigenvalue weighted by Gasteiger charge is -2.03. The van der Waals surface area contributed by atoms with E-state index in [1.54, 1.807) is 6.92 Å². The van der Waals surface area contributed by atoms with E-state index in [1.165, 1.54) is 12.1 Å². The van der Waals surface area contributed by atoms with Crippen LogP contribution in [-0.2, 0) is 11.2 Å². The molecule has 0 fully saturated rings. The molecule has 1 rings (SSSR count). The normalized spacial score (nSPS) is 9.93. The summed E-state index contributed by atoms with van der Waals surface area (Å²) in [7, 11) is 0. The van der Waals surface area contributed by atoms with E-state index in [0.29, 0.717) is 6.54 Å². The van der Waals surface area contributed by atoms with Crippen molar-refractivity contribution in [2.45, 2.75) is 13.3 Å². The summed E-state index contributed by atoms with van der Waals surface area (Å²) in [5.41, 5.74) is 0.0796. The molecule has 0 unspecified atom stereocenters. The van der Waals surface area contributed by atoms with E-state index >= 15 is 0 Å². The topological polar surface area (TPSA) is 29.1 Å². The van der Waals surface area contributed by atoms with Gasteiger partial charge in [-0.3, -0.25) is 4.79 Å². The molecule has 1 N–H and O–H groups in total. The molecule has 0 spiro atoms. The predicted octanol–water partition coefficient (Wildman–Crippen LogP) is 1.64. The van der Waals surface area contributed by atoms with E-state index in [0.717, 1.165) is 6.07 Å². The number of amides is 1. The summed E-state index contributed by atoms with van der Waals surface area (Å²) in [6.07, 6.45) is -0.128. The van der Waals surface area contributed by atoms with Gasteiger partial charge in [0.15, 0.2) is 11.6 Å². The maximum atomic E-state index is 13.0. The number of benzene rings is 1. The van der Waals surface area contributed by atoms with Crippen LogP contribution in [0.3, 0.4) is 0 Å². The molecule has 1 aromatic rings. The van der Waals surface area contributed by atoms with Crippen molar-refractivity contribution < 1.29 is 13.6 Å². The molecular weight excluding hydrogens is 188 g/mol. The Labute approximate surface area is 80.9 Å². The molecule has 0 aliphatic heterocycles. The number of carbonyl (C=O) groups excluding carboxylic acids is 1. The number of nitrogens with one attached hydrogen (secondary N) is 1. The molecule has 0 aliphatic carbocycles. The lowest BCUT2D eigenvalue weighted by molar-refractivity contribution is -0.120. The molecule has 4 heteroatoms. The molecule has 2 nitrogen and oxygen atoms in total. The highest BCUT2D eigenvalue weighted by Crippen LogP contribution is 2.11. The first-order chi connectivity index (χ1) is 6.65. The minimum atomic E-state index is -0.946. The third-order valence-electron chi connectivity index (χ3n) is 1.76. The summed E-state index contributed by atoms with van der Waals surface area (Å²) in [6.45, 7) is 2.25. The highest BCUT2D eigenvalue weighted by Gasteiger charge is 2.10. The smallest absolute Gasteiger partial charge is 0.224 e. The molecule has 0 aromatic heterocycles. The second kappa shape index (κ2) is 4.69. The summed E-state index contributed by atoms with van der Waals surface area (Å²) in [6, 6.07) is 3.80. The van der Waals surface area contributed by atoms with Gasteiger partial charge in [0.1, 0.15) is 0 Å². The summed E-state index contributed by atoms with van der Waals surface area (Å²) in [5, 5.41) is 2.51. The van der Waals surface area contributed by atoms with Gasteiger partial charge < -0.3 is 5.32 Å². The van der Waals surface area contributed by atoms with Gasteiger partial charge in [-0.15, -0.1) is 0 Å². The average molecular weight is 199 g/mol. The van der Waals surface area contributed by atoms with Gasteiger partial charge in [0.25, 0.3) is 0 Å². The zero-order chi connectivity index (χ0) is 10.6. The number of hydrogen-bond acceptors (Lipinski definition) is 1. The van der Waals surface area contributed by atoms with Crippen LogP contribution in [0.5, 0.6) is 0 Å². The number of halogens is 2. The number of rotatable bonds is 3. The van der Waals surface area contributed by atoms with Gasteiger partial charge in [0.2, 0.25) is 5.91 Å². The summed E-state index contributed by atoms with van der Waals surface area (Å²) < 4.78 is 25.8. The van der Waals surface area contributed by atoms with Crippen LogP contribution in [0.1, 0.15) is 12.5 Å². The summed E-state index contributed by atoms with van der Waals surface area (Å²) in [5.74, 6) is -2.18. The molecule has 0 saturated carbocycles. The van der Waals surface area contributed by atoms with Crippen LogP contribution < -0.4 is 5.32 Å². The fourth-order valence-corrected chi connectivity index (χ4v) is 1.12. The van der Waals surface area contributed by atoms with Gasteiger partial charge in [-0.2, -0.15) is 0 Å². The Hall–Kier alpha value is -1.45. The van der Waals surface area contributed by atoms with E-state index < -0.39 is 11.6 Å². The molecule has 0 aliphatic rings. The quantitative estimate of drug-likeness (QED) is 0.787. The molecule has 76 valence electrons. The van der Waals surface area contributed by atoms with Crippen molar-refractivity contribution in [3.8, 4) is 0 Å². The van der Waals surface area contributed by atoms with Crippen molar-refractivity contribution in [2.75, 3.05) is 6.54 Å². The van der Waals surface area contributed by atoms with Gasteiger partial charge in [0.05, 0.1) is 6.42 Å². The van der Waals surface area contributed by atoms with Crippen molar-refractivity contribution in [3.05, 3.63) is 35.4 Å². The maximum Gasteiger partial charge on any atom is 0.224 e. The fourth-order valence-electron chi connectivity index (χ4n) is 1.12. The lowest BCUT2D eigenvalue weighted by Crippen LogP contribution is -2.24. The van der Waals surface area contributed by atoms with Crippen LogP contribution in [0, 0.1) is 11.6 Å². The third kappa shape index (κ3) is 2.52. The molecular formula is C10H11F2NO. The first kappa shape index (κ1) is 10.6. The van der Waals surface area contributed by atoms with Crippen molar-refractivity contribution in [1.29, 1.82) is 0 Å². The Kier molecular flexibility index (Phi) is 3.56. The summed E-state index contributed by atoms with van der Waals surface area (Å²) >= 11 is 0. The molecule has 14 heavy (non-hydrogen) atoms. The Morgan fingerprint density at radius 1 is 1.43 bits per heavy atom. The molecule has 1 amide bonds. The van der Waals surface area contributed by atoms with Crippen LogP contribution >= 0.6 is 0 Å². The van der Waals surface area contributed by atoms with Gasteiger partial charge in [-0.25, -0.2) is 8.78 Å². The van der Waals surface area contributed by atoms with Crippen LogP contribution in [0.15, 0.2) is 18.2 Å². The monoisotopic (exact) mass is 199 g/mol. The summed E-state index contributed by atoms with van der Waals surface area (Å²) in [4.78, 5) is 11.1. The Bertz CT molecular complexity index is 339. The van der Waals surface area contributed by atoms with Crippen molar-refractivity contribution >= 4 is 5.91 Å². The van der Waals surface area contributed by atoms with E-state index in [-0.39, 0.29) is 17.9 Å². The van der Waals surface area contributed by atoms with Crippen LogP contribution in [0.4, 0.5) is 8.78 Å². The van der Waals surface area contributed by atoms with E-state index in [9.17, 15) is 13.6 Å². The second-order valence-corrected chi connectivity index (χ2v) is 2.84. The fraction of sp³-hybridized carbons (Fsp3) is 0.300. The van der Waals surface area contributed by atoms with Crippen LogP contribution in [0.25, 0.3) is 0 Å². The van der Waals surface area contributed by atoms with E-state index in [4.69, 9.17) is 0 Å². The third-order valence-corrected chi connectivity index (χ3v) is 1.76. The number of carbonyl (C=O) groups is 1. The Balaban J connectivity index is 2.76. The first-order valence-electron chi connectivity index (χ1n) is 4.34. The molecule has 0 atom stereocenters. The second-order valence-electron chi connectivity index (χ2n) is 2.84. The molecule has 0 heterocycles. The highest BCUT2D eigenvalue weighted by molar-refractivity contribution is 5.78. The number of hydrogen-bond donors (Lipinski definition) is 1. The zero-order valence-electron chi connectivity index (χ0n) is 7.81. The van der Waals surface area contributed by atoms with Gasteiger partial charge in [0, 0.05) is 12.1 Å². The minimum Gasteiger partial charge on any atom is -0.356 e. The van der Waals surface area contributed by atoms with Gasteiger partial charge >= 0.3 is 0 Å². The van der Waals surface area contributed by atoms with Crippen LogP contribution in [0.2, 0.25) is 0 Å². The molecule has 0 bridgehead atoms. The van der Waals surface area contributed by atoms with Crippen LogP contribution in [-0.4, -0.2) is 12.5 Å². The van der Waals surface area contributed by atoms with Gasteiger partial charge in [-0.05, 0) is 13.0 Å². The Morgan fingerprint density at radius 2 is 2.14 bits per heavy atom. The SMILES string of the molecule is CCNC(=O)Cc1cccc(F)c1F. The highest BCUT2D eigenvalue weighted by atomic mass is 19.2. The first-order valence-corrected chi connectivity index (χ1v) is 4.34. The van der Waals surface area contributed by atoms with Crippen molar-refractivity contribution in [2.24, 2.45) is 0 Å². The standard InChI is InChI=1S/C10H11F2NO/c1-2-13-9(14)6-7-4-3-5-8(11)10(7)12/h3-5H,2,6H2,1H3,(H,13,14). The number of likely N-dealkylation sites (N-methyl/N-ethyl adjacent to an activating group) is 1. The van der Waals surface area contributed by atoms with Gasteiger partial charge in [-0.1, -0.05) is 12.1 Å². The molecule has 0 radical (unpaired) electrons. The van der Waals surface area contributed by atoms with E-state index in [2.05, 4.69) is 5.32 Å². The van der Waals surface area contributed by atoms with E-state index in [1.807, 2.05) is 0 Å².